The van der Waals surface area contributed by atoms with Crippen LogP contribution in [0.1, 0.15) is 74.7 Å². The van der Waals surface area contributed by atoms with Crippen molar-refractivity contribution in [3.8, 4) is 0 Å². The Hall–Kier alpha value is -2.00. The van der Waals surface area contributed by atoms with Gasteiger partial charge in [0.2, 0.25) is 0 Å². The smallest absolute Gasteiger partial charge is 0.309 e. The number of methoxy groups -OCH3 is 1. The van der Waals surface area contributed by atoms with Crippen LogP contribution in [0.3, 0.4) is 0 Å². The molecular weight excluding hydrogens is 553 g/mol. The average molecular weight is 609 g/mol. The SMILES string of the molecule is COC(=O)[C@H]1C[C@@H](C)C(CO[Si](c2ccccc2)(c2ccccc2)C(C)(C)C)=C[C@@]1(C)CCCO[Si](C)(C)C(C)(C)C. The molecule has 0 unspecified atom stereocenters. The Balaban J connectivity index is 1.95. The molecular formula is C36H56O4Si2. The number of esters is 1. The second-order valence-electron chi connectivity index (χ2n) is 15.1. The Kier molecular flexibility index (Phi) is 10.9. The first-order valence-corrected chi connectivity index (χ1v) is 20.5. The van der Waals surface area contributed by atoms with Gasteiger partial charge in [-0.2, -0.15) is 0 Å². The highest BCUT2D eigenvalue weighted by Gasteiger charge is 2.51. The van der Waals surface area contributed by atoms with Crippen molar-refractivity contribution in [2.45, 2.75) is 97.8 Å². The van der Waals surface area contributed by atoms with E-state index >= 15 is 0 Å². The van der Waals surface area contributed by atoms with Crippen LogP contribution in [0.4, 0.5) is 0 Å². The summed E-state index contributed by atoms with van der Waals surface area (Å²) in [5.41, 5.74) is 0.969. The third-order valence-electron chi connectivity index (χ3n) is 10.0. The molecule has 0 saturated heterocycles. The van der Waals surface area contributed by atoms with Crippen molar-refractivity contribution in [2.24, 2.45) is 17.3 Å². The molecule has 2 aromatic carbocycles. The molecule has 0 radical (unpaired) electrons. The highest BCUT2D eigenvalue weighted by molar-refractivity contribution is 6.99. The van der Waals surface area contributed by atoms with Crippen molar-refractivity contribution in [1.29, 1.82) is 0 Å². The summed E-state index contributed by atoms with van der Waals surface area (Å²) in [6, 6.07) is 21.6. The summed E-state index contributed by atoms with van der Waals surface area (Å²) in [7, 11) is -2.98. The van der Waals surface area contributed by atoms with Crippen LogP contribution in [0.15, 0.2) is 72.3 Å². The topological polar surface area (TPSA) is 44.8 Å². The van der Waals surface area contributed by atoms with Gasteiger partial charge in [-0.05, 0) is 69.7 Å². The molecule has 0 spiro atoms. The zero-order valence-electron chi connectivity index (χ0n) is 28.2. The average Bonchev–Trinajstić information content (AvgIpc) is 2.92. The van der Waals surface area contributed by atoms with Gasteiger partial charge in [0.15, 0.2) is 8.32 Å². The fourth-order valence-corrected chi connectivity index (χ4v) is 12.0. The minimum atomic E-state index is -2.67. The standard InChI is InChI=1S/C36H56O4Si2/c1-28-25-32(33(37)38-9)36(8,23-18-24-39-41(10,11)34(2,3)4)26-29(28)27-40-42(35(5,6)7,30-19-14-12-15-20-30)31-21-16-13-17-22-31/h12-17,19-22,26,28,32H,18,23-25,27H2,1-11H3/t28-,32-,36-/m1/s1. The first-order valence-electron chi connectivity index (χ1n) is 15.7. The summed E-state index contributed by atoms with van der Waals surface area (Å²) in [6.45, 7) is 24.1. The molecule has 0 heterocycles. The lowest BCUT2D eigenvalue weighted by Gasteiger charge is -2.45. The maximum atomic E-state index is 13.1. The van der Waals surface area contributed by atoms with Crippen LogP contribution < -0.4 is 10.4 Å². The molecule has 0 N–H and O–H groups in total. The molecule has 42 heavy (non-hydrogen) atoms. The molecule has 3 rings (SSSR count). The molecule has 4 nitrogen and oxygen atoms in total. The van der Waals surface area contributed by atoms with E-state index in [0.29, 0.717) is 6.61 Å². The van der Waals surface area contributed by atoms with Crippen molar-refractivity contribution < 1.29 is 18.4 Å². The molecule has 0 saturated carbocycles. The molecule has 0 amide bonds. The highest BCUT2D eigenvalue weighted by Crippen LogP contribution is 2.47. The lowest BCUT2D eigenvalue weighted by atomic mass is 9.64. The number of hydrogen-bond acceptors (Lipinski definition) is 4. The molecule has 1 aliphatic rings. The van der Waals surface area contributed by atoms with Gasteiger partial charge in [0.05, 0.1) is 19.6 Å². The van der Waals surface area contributed by atoms with Gasteiger partial charge in [0.25, 0.3) is 8.32 Å². The van der Waals surface area contributed by atoms with Crippen molar-refractivity contribution in [3.63, 3.8) is 0 Å². The molecule has 232 valence electrons. The summed E-state index contributed by atoms with van der Waals surface area (Å²) >= 11 is 0. The summed E-state index contributed by atoms with van der Waals surface area (Å²) in [4.78, 5) is 13.1. The van der Waals surface area contributed by atoms with E-state index in [-0.39, 0.29) is 33.3 Å². The number of rotatable bonds is 11. The van der Waals surface area contributed by atoms with Crippen molar-refractivity contribution in [1.82, 2.24) is 0 Å². The zero-order chi connectivity index (χ0) is 31.4. The van der Waals surface area contributed by atoms with Gasteiger partial charge < -0.3 is 13.6 Å². The predicted molar refractivity (Wildman–Crippen MR) is 181 cm³/mol. The quantitative estimate of drug-likeness (QED) is 0.112. The second-order valence-corrected chi connectivity index (χ2v) is 24.2. The zero-order valence-corrected chi connectivity index (χ0v) is 30.2. The van der Waals surface area contributed by atoms with Crippen LogP contribution in [0.25, 0.3) is 0 Å². The molecule has 1 aliphatic carbocycles. The van der Waals surface area contributed by atoms with E-state index in [2.05, 4.69) is 135 Å². The van der Waals surface area contributed by atoms with Gasteiger partial charge in [-0.15, -0.1) is 0 Å². The minimum absolute atomic E-state index is 0.0902. The van der Waals surface area contributed by atoms with Crippen molar-refractivity contribution in [3.05, 3.63) is 72.3 Å². The van der Waals surface area contributed by atoms with Crippen LogP contribution in [0.5, 0.6) is 0 Å². The van der Waals surface area contributed by atoms with Gasteiger partial charge in [0.1, 0.15) is 0 Å². The Morgan fingerprint density at radius 2 is 1.40 bits per heavy atom. The molecule has 2 aromatic rings. The molecule has 6 heteroatoms. The molecule has 0 fully saturated rings. The predicted octanol–water partition coefficient (Wildman–Crippen LogP) is 8.13. The first-order chi connectivity index (χ1) is 19.5. The Labute approximate surface area is 258 Å². The van der Waals surface area contributed by atoms with E-state index < -0.39 is 16.6 Å². The lowest BCUT2D eigenvalue weighted by molar-refractivity contribution is -0.150. The lowest BCUT2D eigenvalue weighted by Crippen LogP contribution is -2.66. The van der Waals surface area contributed by atoms with Crippen molar-refractivity contribution >= 4 is 33.0 Å². The fourth-order valence-electron chi connectivity index (χ4n) is 6.33. The van der Waals surface area contributed by atoms with E-state index in [9.17, 15) is 4.79 Å². The van der Waals surface area contributed by atoms with E-state index in [4.69, 9.17) is 13.6 Å². The van der Waals surface area contributed by atoms with E-state index in [0.717, 1.165) is 25.9 Å². The maximum absolute atomic E-state index is 13.1. The second kappa shape index (κ2) is 13.3. The van der Waals surface area contributed by atoms with Gasteiger partial charge in [0, 0.05) is 6.61 Å². The Bertz CT molecular complexity index is 1150. The van der Waals surface area contributed by atoms with Gasteiger partial charge >= 0.3 is 5.97 Å². The Morgan fingerprint density at radius 1 is 0.881 bits per heavy atom. The largest absolute Gasteiger partial charge is 0.469 e. The van der Waals surface area contributed by atoms with Gasteiger partial charge in [-0.1, -0.05) is 122 Å². The minimum Gasteiger partial charge on any atom is -0.469 e. The third kappa shape index (κ3) is 7.37. The van der Waals surface area contributed by atoms with E-state index in [1.165, 1.54) is 23.1 Å². The summed E-state index contributed by atoms with van der Waals surface area (Å²) < 4.78 is 19.2. The molecule has 0 aliphatic heterocycles. The molecule has 3 atom stereocenters. The monoisotopic (exact) mass is 608 g/mol. The number of allylic oxidation sites excluding steroid dienone is 1. The molecule has 0 bridgehead atoms. The van der Waals surface area contributed by atoms with Gasteiger partial charge in [-0.3, -0.25) is 4.79 Å². The number of carbonyl (C=O) groups is 1. The number of ether oxygens (including phenoxy) is 1. The fraction of sp³-hybridized carbons (Fsp3) is 0.583. The van der Waals surface area contributed by atoms with Crippen LogP contribution in [-0.2, 0) is 18.4 Å². The summed E-state index contributed by atoms with van der Waals surface area (Å²) in [5, 5.41) is 2.65. The van der Waals surface area contributed by atoms with E-state index in [1.807, 2.05) is 0 Å². The van der Waals surface area contributed by atoms with Gasteiger partial charge in [-0.25, -0.2) is 0 Å². The highest BCUT2D eigenvalue weighted by atomic mass is 28.4. The number of carbonyl (C=O) groups excluding carboxylic acids is 1. The number of hydrogen-bond donors (Lipinski definition) is 0. The molecule has 0 aromatic heterocycles. The normalized spacial score (nSPS) is 22.0. The van der Waals surface area contributed by atoms with Crippen LogP contribution in [0, 0.1) is 17.3 Å². The van der Waals surface area contributed by atoms with Crippen LogP contribution >= 0.6 is 0 Å². The van der Waals surface area contributed by atoms with E-state index in [1.54, 1.807) is 0 Å². The maximum Gasteiger partial charge on any atom is 0.309 e. The summed E-state index contributed by atoms with van der Waals surface area (Å²) in [5.74, 6) is -0.0660. The third-order valence-corrected chi connectivity index (χ3v) is 19.5. The van der Waals surface area contributed by atoms with Crippen LogP contribution in [0.2, 0.25) is 23.2 Å². The Morgan fingerprint density at radius 3 is 1.86 bits per heavy atom. The number of benzene rings is 2. The first kappa shape index (κ1) is 34.5. The van der Waals surface area contributed by atoms with Crippen molar-refractivity contribution in [2.75, 3.05) is 20.3 Å². The van der Waals surface area contributed by atoms with Crippen LogP contribution in [-0.4, -0.2) is 42.9 Å². The summed E-state index contributed by atoms with van der Waals surface area (Å²) in [6.07, 6.45) is 4.91.